The van der Waals surface area contributed by atoms with Crippen LogP contribution in [0, 0.1) is 0 Å². The van der Waals surface area contributed by atoms with E-state index in [0.717, 1.165) is 22.1 Å². The van der Waals surface area contributed by atoms with Gasteiger partial charge in [0.2, 0.25) is 5.13 Å². The predicted octanol–water partition coefficient (Wildman–Crippen LogP) is 4.91. The van der Waals surface area contributed by atoms with Crippen LogP contribution in [-0.2, 0) is 0 Å². The van der Waals surface area contributed by atoms with Gasteiger partial charge in [0.1, 0.15) is 0 Å². The summed E-state index contributed by atoms with van der Waals surface area (Å²) in [5, 5.41) is 8.86. The van der Waals surface area contributed by atoms with Gasteiger partial charge in [0.15, 0.2) is 4.34 Å². The molecule has 0 saturated heterocycles. The number of hydrogen-bond donors (Lipinski definition) is 0. The Kier molecular flexibility index (Phi) is 5.73. The fraction of sp³-hybridized carbons (Fsp3) is 0.400. The number of hydrogen-bond acceptors (Lipinski definition) is 5. The molecule has 0 radical (unpaired) electrons. The van der Waals surface area contributed by atoms with E-state index in [-0.39, 0.29) is 0 Å². The average molecular weight is 305 g/mol. The van der Waals surface area contributed by atoms with Crippen LogP contribution in [0.5, 0.6) is 0 Å². The van der Waals surface area contributed by atoms with Crippen LogP contribution in [-0.4, -0.2) is 22.2 Å². The van der Waals surface area contributed by atoms with Crippen molar-refractivity contribution in [2.75, 3.05) is 5.75 Å². The summed E-state index contributed by atoms with van der Waals surface area (Å²) in [6.45, 7) is 6.56. The first kappa shape index (κ1) is 15.2. The Bertz CT molecular complexity index is 561. The molecule has 0 spiro atoms. The lowest BCUT2D eigenvalue weighted by molar-refractivity contribution is 0.733. The van der Waals surface area contributed by atoms with Crippen LogP contribution in [0.15, 0.2) is 33.6 Å². The molecule has 1 atom stereocenters. The van der Waals surface area contributed by atoms with Gasteiger partial charge in [-0.15, -0.1) is 10.2 Å². The van der Waals surface area contributed by atoms with Gasteiger partial charge in [-0.3, -0.25) is 0 Å². The summed E-state index contributed by atoms with van der Waals surface area (Å²) < 4.78 is 0.978. The molecule has 0 aliphatic carbocycles. The number of thioether (sulfide) groups is 1. The van der Waals surface area contributed by atoms with Crippen LogP contribution in [0.25, 0.3) is 0 Å². The third-order valence-corrected chi connectivity index (χ3v) is 4.95. The maximum absolute atomic E-state index is 4.38. The van der Waals surface area contributed by atoms with Crippen molar-refractivity contribution in [3.05, 3.63) is 35.4 Å². The third kappa shape index (κ3) is 4.15. The molecule has 0 bridgehead atoms. The summed E-state index contributed by atoms with van der Waals surface area (Å²) >= 11 is 3.23. The average Bonchev–Trinajstić information content (AvgIpc) is 2.93. The van der Waals surface area contributed by atoms with Crippen molar-refractivity contribution in [1.29, 1.82) is 0 Å². The van der Waals surface area contributed by atoms with Gasteiger partial charge in [0.25, 0.3) is 0 Å². The maximum atomic E-state index is 4.38. The first-order valence-corrected chi connectivity index (χ1v) is 8.63. The SMILES string of the molecule is CCSc1nnc(/N=C\c2ccc(C(C)CC)cc2)s1. The van der Waals surface area contributed by atoms with E-state index < -0.39 is 0 Å². The Morgan fingerprint density at radius 1 is 1.25 bits per heavy atom. The topological polar surface area (TPSA) is 38.1 Å². The first-order chi connectivity index (χ1) is 9.72. The number of aliphatic imine (C=N–C) groups is 1. The second-order valence-corrected chi connectivity index (χ2v) is 6.98. The monoisotopic (exact) mass is 305 g/mol. The second kappa shape index (κ2) is 7.55. The minimum absolute atomic E-state index is 0.609. The molecule has 0 amide bonds. The van der Waals surface area contributed by atoms with E-state index in [2.05, 4.69) is 60.2 Å². The molecule has 20 heavy (non-hydrogen) atoms. The van der Waals surface area contributed by atoms with Crippen LogP contribution in [0.3, 0.4) is 0 Å². The first-order valence-electron chi connectivity index (χ1n) is 6.83. The normalized spacial score (nSPS) is 12.9. The lowest BCUT2D eigenvalue weighted by atomic mass is 9.98. The van der Waals surface area contributed by atoms with Crippen LogP contribution in [0.4, 0.5) is 5.13 Å². The van der Waals surface area contributed by atoms with Crippen molar-refractivity contribution in [3.63, 3.8) is 0 Å². The van der Waals surface area contributed by atoms with Crippen LogP contribution in [0.2, 0.25) is 0 Å². The summed E-state index contributed by atoms with van der Waals surface area (Å²) in [7, 11) is 0. The summed E-state index contributed by atoms with van der Waals surface area (Å²) in [6, 6.07) is 8.56. The van der Waals surface area contributed by atoms with E-state index in [4.69, 9.17) is 0 Å². The van der Waals surface area contributed by atoms with Gasteiger partial charge in [0, 0.05) is 6.21 Å². The van der Waals surface area contributed by atoms with Crippen molar-refractivity contribution in [2.45, 2.75) is 37.4 Å². The summed E-state index contributed by atoms with van der Waals surface area (Å²) in [5.74, 6) is 1.62. The smallest absolute Gasteiger partial charge is 0.226 e. The number of nitrogens with zero attached hydrogens (tertiary/aromatic N) is 3. The minimum Gasteiger partial charge on any atom is -0.226 e. The fourth-order valence-electron chi connectivity index (χ4n) is 1.71. The molecule has 2 aromatic rings. The van der Waals surface area contributed by atoms with Gasteiger partial charge in [0.05, 0.1) is 0 Å². The van der Waals surface area contributed by atoms with Gasteiger partial charge >= 0.3 is 0 Å². The zero-order chi connectivity index (χ0) is 14.4. The van der Waals surface area contributed by atoms with E-state index in [1.54, 1.807) is 11.8 Å². The van der Waals surface area contributed by atoms with E-state index in [9.17, 15) is 0 Å². The predicted molar refractivity (Wildman–Crippen MR) is 88.7 cm³/mol. The maximum Gasteiger partial charge on any atom is 0.232 e. The molecular formula is C15H19N3S2. The van der Waals surface area contributed by atoms with Crippen molar-refractivity contribution in [1.82, 2.24) is 10.2 Å². The molecule has 1 aromatic heterocycles. The Morgan fingerprint density at radius 3 is 2.65 bits per heavy atom. The minimum atomic E-state index is 0.609. The number of rotatable bonds is 6. The van der Waals surface area contributed by atoms with Gasteiger partial charge in [-0.25, -0.2) is 4.99 Å². The second-order valence-electron chi connectivity index (χ2n) is 4.52. The highest BCUT2D eigenvalue weighted by Gasteiger charge is 2.03. The fourth-order valence-corrected chi connectivity index (χ4v) is 3.30. The van der Waals surface area contributed by atoms with E-state index in [0.29, 0.717) is 11.0 Å². The molecule has 0 fully saturated rings. The van der Waals surface area contributed by atoms with E-state index in [1.165, 1.54) is 16.9 Å². The van der Waals surface area contributed by atoms with Crippen LogP contribution < -0.4 is 0 Å². The van der Waals surface area contributed by atoms with Crippen LogP contribution >= 0.6 is 23.1 Å². The molecule has 0 aliphatic rings. The number of aromatic nitrogens is 2. The Morgan fingerprint density at radius 2 is 2.00 bits per heavy atom. The zero-order valence-electron chi connectivity index (χ0n) is 12.0. The summed E-state index contributed by atoms with van der Waals surface area (Å²) in [4.78, 5) is 4.38. The molecular weight excluding hydrogens is 286 g/mol. The molecule has 1 unspecified atom stereocenters. The molecule has 0 saturated carbocycles. The highest BCUT2D eigenvalue weighted by molar-refractivity contribution is 8.01. The largest absolute Gasteiger partial charge is 0.232 e. The summed E-state index contributed by atoms with van der Waals surface area (Å²) in [5.41, 5.74) is 2.47. The molecule has 5 heteroatoms. The molecule has 0 aliphatic heterocycles. The molecule has 106 valence electrons. The van der Waals surface area contributed by atoms with Crippen molar-refractivity contribution in [2.24, 2.45) is 4.99 Å². The lowest BCUT2D eigenvalue weighted by Crippen LogP contribution is -1.91. The molecule has 1 heterocycles. The highest BCUT2D eigenvalue weighted by atomic mass is 32.2. The van der Waals surface area contributed by atoms with E-state index >= 15 is 0 Å². The van der Waals surface area contributed by atoms with E-state index in [1.807, 2.05) is 6.21 Å². The van der Waals surface area contributed by atoms with Crippen molar-refractivity contribution < 1.29 is 0 Å². The Labute approximate surface area is 128 Å². The zero-order valence-corrected chi connectivity index (χ0v) is 13.7. The molecule has 2 rings (SSSR count). The highest BCUT2D eigenvalue weighted by Crippen LogP contribution is 2.26. The van der Waals surface area contributed by atoms with Crippen molar-refractivity contribution in [3.8, 4) is 0 Å². The standard InChI is InChI=1S/C15H19N3S2/c1-4-11(3)13-8-6-12(7-9-13)10-16-14-17-18-15(20-14)19-5-2/h6-11H,4-5H2,1-3H3/b16-10-. The van der Waals surface area contributed by atoms with Gasteiger partial charge in [-0.2, -0.15) is 0 Å². The third-order valence-electron chi connectivity index (χ3n) is 3.11. The summed E-state index contributed by atoms with van der Waals surface area (Å²) in [6.07, 6.45) is 3.01. The lowest BCUT2D eigenvalue weighted by Gasteiger charge is -2.08. The quantitative estimate of drug-likeness (QED) is 0.562. The van der Waals surface area contributed by atoms with Gasteiger partial charge in [-0.05, 0) is 29.2 Å². The van der Waals surface area contributed by atoms with Crippen LogP contribution in [0.1, 0.15) is 44.2 Å². The molecule has 0 N–H and O–H groups in total. The molecule has 1 aromatic carbocycles. The van der Waals surface area contributed by atoms with Gasteiger partial charge < -0.3 is 0 Å². The number of benzene rings is 1. The Balaban J connectivity index is 2.03. The van der Waals surface area contributed by atoms with Gasteiger partial charge in [-0.1, -0.05) is 68.1 Å². The van der Waals surface area contributed by atoms with Crippen molar-refractivity contribution >= 4 is 34.4 Å². The Hall–Kier alpha value is -1.20. The molecule has 3 nitrogen and oxygen atoms in total.